The molecule has 0 aromatic carbocycles. The van der Waals surface area contributed by atoms with E-state index >= 15 is 0 Å². The second-order valence-electron chi connectivity index (χ2n) is 5.75. The quantitative estimate of drug-likeness (QED) is 0.811. The zero-order valence-corrected chi connectivity index (χ0v) is 12.6. The van der Waals surface area contributed by atoms with Crippen LogP contribution in [0, 0.1) is 6.92 Å². The van der Waals surface area contributed by atoms with Crippen molar-refractivity contribution in [2.75, 3.05) is 7.11 Å². The molecule has 1 aromatic rings. The second kappa shape index (κ2) is 6.34. The van der Waals surface area contributed by atoms with Crippen LogP contribution in [0.15, 0.2) is 6.20 Å². The molecule has 0 atom stereocenters. The number of rotatable bonds is 7. The van der Waals surface area contributed by atoms with Crippen molar-refractivity contribution >= 4 is 0 Å². The molecule has 1 N–H and O–H groups in total. The molecular weight excluding hydrogens is 226 g/mol. The summed E-state index contributed by atoms with van der Waals surface area (Å²) in [5, 5.41) is 7.97. The first-order valence-electron chi connectivity index (χ1n) is 6.65. The van der Waals surface area contributed by atoms with E-state index in [1.165, 1.54) is 5.56 Å². The summed E-state index contributed by atoms with van der Waals surface area (Å²) in [6.45, 7) is 12.4. The molecule has 0 unspecified atom stereocenters. The summed E-state index contributed by atoms with van der Waals surface area (Å²) in [5.74, 6) is 0. The molecule has 0 fully saturated rings. The molecule has 1 aromatic heterocycles. The number of nitrogens with one attached hydrogen (secondary N) is 1. The molecule has 1 heterocycles. The summed E-state index contributed by atoms with van der Waals surface area (Å²) in [6.07, 6.45) is 3.10. The number of aryl methyl sites for hydroxylation is 2. The van der Waals surface area contributed by atoms with Gasteiger partial charge in [-0.3, -0.25) is 4.68 Å². The molecule has 0 spiro atoms. The van der Waals surface area contributed by atoms with Crippen molar-refractivity contribution in [3.05, 3.63) is 17.5 Å². The Kier molecular flexibility index (Phi) is 5.35. The van der Waals surface area contributed by atoms with Gasteiger partial charge in [0.1, 0.15) is 0 Å². The van der Waals surface area contributed by atoms with E-state index in [4.69, 9.17) is 4.74 Å². The van der Waals surface area contributed by atoms with Gasteiger partial charge in [0, 0.05) is 38.0 Å². The molecule has 4 heteroatoms. The molecule has 4 nitrogen and oxygen atoms in total. The zero-order valence-electron chi connectivity index (χ0n) is 12.6. The van der Waals surface area contributed by atoms with Crippen LogP contribution in [0.5, 0.6) is 0 Å². The van der Waals surface area contributed by atoms with Crippen LogP contribution in [0.4, 0.5) is 0 Å². The normalized spacial score (nSPS) is 12.4. The van der Waals surface area contributed by atoms with Gasteiger partial charge in [-0.05, 0) is 27.2 Å². The number of aromatic nitrogens is 2. The van der Waals surface area contributed by atoms with E-state index in [0.29, 0.717) is 6.04 Å². The van der Waals surface area contributed by atoms with Crippen molar-refractivity contribution < 1.29 is 4.74 Å². The molecule has 0 aliphatic heterocycles. The van der Waals surface area contributed by atoms with Crippen LogP contribution >= 0.6 is 0 Å². The maximum atomic E-state index is 5.42. The van der Waals surface area contributed by atoms with Crippen molar-refractivity contribution in [2.24, 2.45) is 0 Å². The Hall–Kier alpha value is -0.870. The van der Waals surface area contributed by atoms with E-state index in [1.54, 1.807) is 7.11 Å². The van der Waals surface area contributed by atoms with Crippen LogP contribution in [0.1, 0.15) is 45.4 Å². The number of hydrogen-bond acceptors (Lipinski definition) is 3. The van der Waals surface area contributed by atoms with Crippen LogP contribution in [-0.4, -0.2) is 28.5 Å². The van der Waals surface area contributed by atoms with Crippen LogP contribution in [0.3, 0.4) is 0 Å². The van der Waals surface area contributed by atoms with Gasteiger partial charge in [0.15, 0.2) is 0 Å². The van der Waals surface area contributed by atoms with E-state index in [9.17, 15) is 0 Å². The fourth-order valence-corrected chi connectivity index (χ4v) is 1.65. The van der Waals surface area contributed by atoms with Crippen molar-refractivity contribution in [2.45, 2.75) is 65.8 Å². The minimum atomic E-state index is -0.0871. The second-order valence-corrected chi connectivity index (χ2v) is 5.75. The van der Waals surface area contributed by atoms with E-state index in [-0.39, 0.29) is 5.60 Å². The fourth-order valence-electron chi connectivity index (χ4n) is 1.65. The van der Waals surface area contributed by atoms with E-state index in [2.05, 4.69) is 51.2 Å². The highest BCUT2D eigenvalue weighted by Gasteiger charge is 2.16. The Morgan fingerprint density at radius 1 is 1.44 bits per heavy atom. The van der Waals surface area contributed by atoms with Gasteiger partial charge in [-0.15, -0.1) is 0 Å². The summed E-state index contributed by atoms with van der Waals surface area (Å²) in [4.78, 5) is 0. The molecule has 0 bridgehead atoms. The molecule has 0 radical (unpaired) electrons. The highest BCUT2D eigenvalue weighted by Crippen LogP contribution is 2.15. The average molecular weight is 253 g/mol. The smallest absolute Gasteiger partial charge is 0.0640 e. The standard InChI is InChI=1S/C14H27N3O/c1-11(2)15-9-13-10-17(16-12(13)3)8-7-14(4,5)18-6/h10-11,15H,7-9H2,1-6H3. The van der Waals surface area contributed by atoms with Gasteiger partial charge in [0.05, 0.1) is 11.3 Å². The first-order valence-corrected chi connectivity index (χ1v) is 6.65. The lowest BCUT2D eigenvalue weighted by atomic mass is 10.1. The molecule has 0 amide bonds. The predicted molar refractivity (Wildman–Crippen MR) is 74.6 cm³/mol. The van der Waals surface area contributed by atoms with Crippen molar-refractivity contribution in [3.63, 3.8) is 0 Å². The minimum absolute atomic E-state index is 0.0871. The first-order chi connectivity index (χ1) is 8.34. The van der Waals surface area contributed by atoms with Gasteiger partial charge in [0.2, 0.25) is 0 Å². The van der Waals surface area contributed by atoms with Crippen molar-refractivity contribution in [1.82, 2.24) is 15.1 Å². The Morgan fingerprint density at radius 2 is 2.11 bits per heavy atom. The van der Waals surface area contributed by atoms with Crippen LogP contribution < -0.4 is 5.32 Å². The largest absolute Gasteiger partial charge is 0.379 e. The Labute approximate surface area is 111 Å². The maximum Gasteiger partial charge on any atom is 0.0640 e. The zero-order chi connectivity index (χ0) is 13.8. The number of hydrogen-bond donors (Lipinski definition) is 1. The van der Waals surface area contributed by atoms with Gasteiger partial charge >= 0.3 is 0 Å². The number of ether oxygens (including phenoxy) is 1. The molecule has 104 valence electrons. The molecule has 0 saturated carbocycles. The molecular formula is C14H27N3O. The van der Waals surface area contributed by atoms with Gasteiger partial charge < -0.3 is 10.1 Å². The third-order valence-corrected chi connectivity index (χ3v) is 3.24. The number of nitrogens with zero attached hydrogens (tertiary/aromatic N) is 2. The Bertz CT molecular complexity index is 369. The van der Waals surface area contributed by atoms with Gasteiger partial charge in [-0.2, -0.15) is 5.10 Å². The van der Waals surface area contributed by atoms with Crippen LogP contribution in [-0.2, 0) is 17.8 Å². The third-order valence-electron chi connectivity index (χ3n) is 3.24. The van der Waals surface area contributed by atoms with Gasteiger partial charge in [-0.1, -0.05) is 13.8 Å². The number of methoxy groups -OCH3 is 1. The lowest BCUT2D eigenvalue weighted by molar-refractivity contribution is 0.0113. The average Bonchev–Trinajstić information content (AvgIpc) is 2.65. The molecule has 0 aliphatic rings. The van der Waals surface area contributed by atoms with Crippen LogP contribution in [0.25, 0.3) is 0 Å². The summed E-state index contributed by atoms with van der Waals surface area (Å²) < 4.78 is 7.44. The van der Waals surface area contributed by atoms with Crippen molar-refractivity contribution in [1.29, 1.82) is 0 Å². The van der Waals surface area contributed by atoms with Crippen molar-refractivity contribution in [3.8, 4) is 0 Å². The predicted octanol–water partition coefficient (Wildman–Crippen LogP) is 2.50. The lowest BCUT2D eigenvalue weighted by Crippen LogP contribution is -2.24. The highest BCUT2D eigenvalue weighted by molar-refractivity contribution is 5.15. The summed E-state index contributed by atoms with van der Waals surface area (Å²) in [5.41, 5.74) is 2.30. The van der Waals surface area contributed by atoms with Gasteiger partial charge in [-0.25, -0.2) is 0 Å². The fraction of sp³-hybridized carbons (Fsp3) is 0.786. The molecule has 0 aliphatic carbocycles. The topological polar surface area (TPSA) is 39.1 Å². The Morgan fingerprint density at radius 3 is 2.67 bits per heavy atom. The van der Waals surface area contributed by atoms with Gasteiger partial charge in [0.25, 0.3) is 0 Å². The van der Waals surface area contributed by atoms with E-state index in [1.807, 2.05) is 4.68 Å². The summed E-state index contributed by atoms with van der Waals surface area (Å²) in [6, 6.07) is 0.500. The maximum absolute atomic E-state index is 5.42. The molecule has 0 saturated heterocycles. The SMILES string of the molecule is COC(C)(C)CCn1cc(CNC(C)C)c(C)n1. The summed E-state index contributed by atoms with van der Waals surface area (Å²) >= 11 is 0. The third kappa shape index (κ3) is 4.78. The lowest BCUT2D eigenvalue weighted by Gasteiger charge is -2.22. The monoisotopic (exact) mass is 253 g/mol. The first kappa shape index (κ1) is 15.2. The Balaban J connectivity index is 2.56. The minimum Gasteiger partial charge on any atom is -0.379 e. The van der Waals surface area contributed by atoms with E-state index in [0.717, 1.165) is 25.2 Å². The summed E-state index contributed by atoms with van der Waals surface area (Å²) in [7, 11) is 1.76. The van der Waals surface area contributed by atoms with Crippen LogP contribution in [0.2, 0.25) is 0 Å². The molecule has 18 heavy (non-hydrogen) atoms. The highest BCUT2D eigenvalue weighted by atomic mass is 16.5. The van der Waals surface area contributed by atoms with E-state index < -0.39 is 0 Å². The molecule has 1 rings (SSSR count).